The zero-order chi connectivity index (χ0) is 16.4. The van der Waals surface area contributed by atoms with Crippen LogP contribution in [-0.4, -0.2) is 32.1 Å². The minimum Gasteiger partial charge on any atom is -0.481 e. The molecule has 1 aromatic carbocycles. The van der Waals surface area contributed by atoms with E-state index in [1.807, 2.05) is 6.07 Å². The summed E-state index contributed by atoms with van der Waals surface area (Å²) in [7, 11) is -3.64. The first-order chi connectivity index (χ1) is 11.0. The molecule has 0 bridgehead atoms. The number of fused-ring (bicyclic) bond motifs is 1. The number of sulfonamides is 1. The average molecular weight is 339 g/mol. The van der Waals surface area contributed by atoms with Crippen LogP contribution in [0.1, 0.15) is 36.8 Å². The summed E-state index contributed by atoms with van der Waals surface area (Å²) in [5.41, 5.74) is 2.03. The Bertz CT molecular complexity index is 700. The highest BCUT2D eigenvalue weighted by Crippen LogP contribution is 2.26. The summed E-state index contributed by atoms with van der Waals surface area (Å²) >= 11 is 0. The van der Waals surface area contributed by atoms with Gasteiger partial charge in [0.2, 0.25) is 10.0 Å². The van der Waals surface area contributed by atoms with E-state index in [-0.39, 0.29) is 10.9 Å². The Labute approximate surface area is 135 Å². The molecule has 0 radical (unpaired) electrons. The van der Waals surface area contributed by atoms with Crippen LogP contribution in [0, 0.1) is 5.92 Å². The summed E-state index contributed by atoms with van der Waals surface area (Å²) in [6.07, 6.45) is 3.16. The molecule has 0 spiro atoms. The third-order valence-corrected chi connectivity index (χ3v) is 6.12. The molecule has 6 nitrogen and oxygen atoms in total. The summed E-state index contributed by atoms with van der Waals surface area (Å²) in [6.45, 7) is 1.10. The third kappa shape index (κ3) is 3.73. The van der Waals surface area contributed by atoms with Gasteiger partial charge in [-0.2, -0.15) is 0 Å². The minimum absolute atomic E-state index is 0.221. The fraction of sp³-hybridized carbons (Fsp3) is 0.562. The van der Waals surface area contributed by atoms with Crippen molar-refractivity contribution in [1.82, 2.24) is 4.72 Å². The van der Waals surface area contributed by atoms with Crippen LogP contribution in [-0.2, 0) is 32.6 Å². The SMILES string of the molecule is O=C(O)[C@@H]1CCC[C@H](NS(=O)(=O)c2ccc3c(c2)COCC3)C1. The Morgan fingerprint density at radius 3 is 2.87 bits per heavy atom. The normalized spacial score (nSPS) is 24.9. The maximum atomic E-state index is 12.6. The Hall–Kier alpha value is -1.44. The van der Waals surface area contributed by atoms with Gasteiger partial charge in [0.1, 0.15) is 0 Å². The standard InChI is InChI=1S/C16H21NO5S/c18-16(19)12-2-1-3-14(8-12)17-23(20,21)15-5-4-11-6-7-22-10-13(11)9-15/h4-5,9,12,14,17H,1-3,6-8,10H2,(H,18,19)/t12-,14+/m1/s1. The molecule has 2 atom stereocenters. The second-order valence-corrected chi connectivity index (χ2v) is 7.97. The average Bonchev–Trinajstić information content (AvgIpc) is 2.54. The van der Waals surface area contributed by atoms with Crippen molar-refractivity contribution in [2.24, 2.45) is 5.92 Å². The molecule has 0 amide bonds. The molecule has 1 aliphatic heterocycles. The quantitative estimate of drug-likeness (QED) is 0.871. The van der Waals surface area contributed by atoms with Crippen LogP contribution in [0.3, 0.4) is 0 Å². The van der Waals surface area contributed by atoms with Gasteiger partial charge in [-0.3, -0.25) is 4.79 Å². The Balaban J connectivity index is 1.75. The van der Waals surface area contributed by atoms with Gasteiger partial charge in [-0.1, -0.05) is 12.5 Å². The Morgan fingerprint density at radius 1 is 1.26 bits per heavy atom. The first kappa shape index (κ1) is 16.4. The predicted octanol–water partition coefficient (Wildman–Crippen LogP) is 1.68. The topological polar surface area (TPSA) is 92.7 Å². The maximum absolute atomic E-state index is 12.6. The molecule has 1 aliphatic carbocycles. The molecule has 1 saturated carbocycles. The molecule has 0 aromatic heterocycles. The van der Waals surface area contributed by atoms with Crippen molar-refractivity contribution in [3.63, 3.8) is 0 Å². The van der Waals surface area contributed by atoms with Crippen molar-refractivity contribution < 1.29 is 23.1 Å². The molecule has 1 aromatic rings. The molecule has 1 heterocycles. The number of carboxylic acid groups (broad SMARTS) is 1. The van der Waals surface area contributed by atoms with E-state index >= 15 is 0 Å². The summed E-state index contributed by atoms with van der Waals surface area (Å²) in [5.74, 6) is -1.31. The number of hydrogen-bond acceptors (Lipinski definition) is 4. The summed E-state index contributed by atoms with van der Waals surface area (Å²) < 4.78 is 33.2. The van der Waals surface area contributed by atoms with Crippen LogP contribution in [0.4, 0.5) is 0 Å². The number of benzene rings is 1. The maximum Gasteiger partial charge on any atom is 0.306 e. The molecule has 7 heteroatoms. The number of carboxylic acids is 1. The molecule has 1 fully saturated rings. The molecular weight excluding hydrogens is 318 g/mol. The van der Waals surface area contributed by atoms with Gasteiger partial charge < -0.3 is 9.84 Å². The highest BCUT2D eigenvalue weighted by atomic mass is 32.2. The lowest BCUT2D eigenvalue weighted by Gasteiger charge is -2.27. The van der Waals surface area contributed by atoms with E-state index in [1.54, 1.807) is 12.1 Å². The fourth-order valence-corrected chi connectivity index (χ4v) is 4.65. The van der Waals surface area contributed by atoms with E-state index in [0.717, 1.165) is 24.0 Å². The number of ether oxygens (including phenoxy) is 1. The highest BCUT2D eigenvalue weighted by molar-refractivity contribution is 7.89. The van der Waals surface area contributed by atoms with Crippen molar-refractivity contribution in [2.45, 2.75) is 49.6 Å². The first-order valence-corrected chi connectivity index (χ1v) is 9.39. The lowest BCUT2D eigenvalue weighted by molar-refractivity contribution is -0.143. The van der Waals surface area contributed by atoms with Gasteiger partial charge in [-0.25, -0.2) is 13.1 Å². The Kier molecular flexibility index (Phi) is 4.70. The lowest BCUT2D eigenvalue weighted by Crippen LogP contribution is -2.39. The molecule has 2 N–H and O–H groups in total. The summed E-state index contributed by atoms with van der Waals surface area (Å²) in [5, 5.41) is 9.11. The van der Waals surface area contributed by atoms with Gasteiger partial charge in [0.05, 0.1) is 24.0 Å². The molecular formula is C16H21NO5S. The number of rotatable bonds is 4. The molecule has 2 aliphatic rings. The van der Waals surface area contributed by atoms with Gasteiger partial charge in [0, 0.05) is 6.04 Å². The van der Waals surface area contributed by atoms with Crippen LogP contribution in [0.15, 0.2) is 23.1 Å². The number of carbonyl (C=O) groups is 1. The van der Waals surface area contributed by atoms with Crippen molar-refractivity contribution >= 4 is 16.0 Å². The minimum atomic E-state index is -3.64. The Morgan fingerprint density at radius 2 is 2.09 bits per heavy atom. The van der Waals surface area contributed by atoms with Gasteiger partial charge in [0.25, 0.3) is 0 Å². The van der Waals surface area contributed by atoms with Crippen LogP contribution in [0.2, 0.25) is 0 Å². The highest BCUT2D eigenvalue weighted by Gasteiger charge is 2.30. The van der Waals surface area contributed by atoms with E-state index in [4.69, 9.17) is 9.84 Å². The van der Waals surface area contributed by atoms with E-state index in [2.05, 4.69) is 4.72 Å². The van der Waals surface area contributed by atoms with Gasteiger partial charge in [-0.15, -0.1) is 0 Å². The van der Waals surface area contributed by atoms with Gasteiger partial charge in [-0.05, 0) is 48.9 Å². The number of hydrogen-bond donors (Lipinski definition) is 2. The van der Waals surface area contributed by atoms with Crippen molar-refractivity contribution in [3.8, 4) is 0 Å². The first-order valence-electron chi connectivity index (χ1n) is 7.90. The molecule has 23 heavy (non-hydrogen) atoms. The van der Waals surface area contributed by atoms with Crippen LogP contribution in [0.25, 0.3) is 0 Å². The number of aliphatic carboxylic acids is 1. The zero-order valence-corrected chi connectivity index (χ0v) is 13.6. The monoisotopic (exact) mass is 339 g/mol. The van der Waals surface area contributed by atoms with E-state index in [1.165, 1.54) is 0 Å². The van der Waals surface area contributed by atoms with E-state index in [9.17, 15) is 13.2 Å². The van der Waals surface area contributed by atoms with Crippen molar-refractivity contribution in [3.05, 3.63) is 29.3 Å². The lowest BCUT2D eigenvalue weighted by atomic mass is 9.86. The van der Waals surface area contributed by atoms with Crippen molar-refractivity contribution in [2.75, 3.05) is 6.61 Å². The second kappa shape index (κ2) is 6.59. The summed E-state index contributed by atoms with van der Waals surface area (Å²) in [4.78, 5) is 11.3. The van der Waals surface area contributed by atoms with Crippen LogP contribution in [0.5, 0.6) is 0 Å². The zero-order valence-electron chi connectivity index (χ0n) is 12.8. The largest absolute Gasteiger partial charge is 0.481 e. The van der Waals surface area contributed by atoms with E-state index < -0.39 is 21.9 Å². The van der Waals surface area contributed by atoms with Gasteiger partial charge >= 0.3 is 5.97 Å². The van der Waals surface area contributed by atoms with Crippen molar-refractivity contribution in [1.29, 1.82) is 0 Å². The fourth-order valence-electron chi connectivity index (χ4n) is 3.32. The summed E-state index contributed by atoms with van der Waals surface area (Å²) in [6, 6.07) is 4.80. The smallest absolute Gasteiger partial charge is 0.306 e. The predicted molar refractivity (Wildman–Crippen MR) is 83.5 cm³/mol. The molecule has 0 unspecified atom stereocenters. The number of nitrogens with one attached hydrogen (secondary N) is 1. The second-order valence-electron chi connectivity index (χ2n) is 6.25. The van der Waals surface area contributed by atoms with E-state index in [0.29, 0.717) is 32.5 Å². The van der Waals surface area contributed by atoms with Gasteiger partial charge in [0.15, 0.2) is 0 Å². The molecule has 0 saturated heterocycles. The molecule has 3 rings (SSSR count). The third-order valence-electron chi connectivity index (χ3n) is 4.61. The van der Waals surface area contributed by atoms with Crippen LogP contribution >= 0.6 is 0 Å². The molecule has 126 valence electrons. The van der Waals surface area contributed by atoms with Crippen LogP contribution < -0.4 is 4.72 Å².